The molecule has 1 aliphatic rings. The Morgan fingerprint density at radius 3 is 2.33 bits per heavy atom. The van der Waals surface area contributed by atoms with Crippen LogP contribution in [-0.2, 0) is 0 Å². The summed E-state index contributed by atoms with van der Waals surface area (Å²) >= 11 is 0. The fourth-order valence-electron chi connectivity index (χ4n) is 3.37. The molecule has 0 amide bonds. The van der Waals surface area contributed by atoms with Crippen LogP contribution in [0.25, 0.3) is 0 Å². The van der Waals surface area contributed by atoms with E-state index in [1.807, 2.05) is 6.92 Å². The quantitative estimate of drug-likeness (QED) is 0.866. The van der Waals surface area contributed by atoms with Crippen LogP contribution in [-0.4, -0.2) is 37.2 Å². The molecule has 0 radical (unpaired) electrons. The van der Waals surface area contributed by atoms with Crippen molar-refractivity contribution in [2.45, 2.75) is 58.2 Å². The third-order valence-electron chi connectivity index (χ3n) is 4.71. The smallest absolute Gasteiger partial charge is 0.119 e. The Labute approximate surface area is 129 Å². The summed E-state index contributed by atoms with van der Waals surface area (Å²) in [5.74, 6) is 0.954. The topological polar surface area (TPSA) is 24.5 Å². The van der Waals surface area contributed by atoms with Crippen LogP contribution in [0.3, 0.4) is 0 Å². The largest absolute Gasteiger partial charge is 0.494 e. The number of rotatable bonds is 6. The van der Waals surface area contributed by atoms with Crippen LogP contribution in [0.1, 0.15) is 51.6 Å². The van der Waals surface area contributed by atoms with Crippen molar-refractivity contribution < 1.29 is 4.74 Å². The molecular weight excluding hydrogens is 260 g/mol. The van der Waals surface area contributed by atoms with Gasteiger partial charge < -0.3 is 10.1 Å². The maximum absolute atomic E-state index is 5.53. The van der Waals surface area contributed by atoms with E-state index < -0.39 is 0 Å². The Balaban J connectivity index is 2.04. The number of piperidine rings is 1. The Kier molecular flexibility index (Phi) is 6.07. The number of likely N-dealkylation sites (N-methyl/N-ethyl adjacent to an activating group) is 1. The zero-order valence-electron chi connectivity index (χ0n) is 13.9. The molecule has 118 valence electrons. The van der Waals surface area contributed by atoms with Gasteiger partial charge in [0, 0.05) is 24.7 Å². The lowest BCUT2D eigenvalue weighted by molar-refractivity contribution is 0.0920. The van der Waals surface area contributed by atoms with E-state index in [2.05, 4.69) is 55.4 Å². The fraction of sp³-hybridized carbons (Fsp3) is 0.667. The maximum atomic E-state index is 5.53. The van der Waals surface area contributed by atoms with Crippen LogP contribution in [0.4, 0.5) is 0 Å². The van der Waals surface area contributed by atoms with Gasteiger partial charge in [0.05, 0.1) is 6.61 Å². The first-order valence-corrected chi connectivity index (χ1v) is 8.31. The highest BCUT2D eigenvalue weighted by atomic mass is 16.5. The van der Waals surface area contributed by atoms with Gasteiger partial charge in [0.15, 0.2) is 0 Å². The second-order valence-corrected chi connectivity index (χ2v) is 6.17. The summed E-state index contributed by atoms with van der Waals surface area (Å²) in [7, 11) is 2.06. The lowest BCUT2D eigenvalue weighted by Gasteiger charge is -2.41. The molecule has 1 aromatic rings. The molecule has 2 rings (SSSR count). The summed E-state index contributed by atoms with van der Waals surface area (Å²) in [6.07, 6.45) is 4.01. The SMILES string of the molecule is CCOc1ccc(C(CN2[C@H](C)CCC[C@@H]2C)NC)cc1. The van der Waals surface area contributed by atoms with Gasteiger partial charge in [-0.3, -0.25) is 4.90 Å². The van der Waals surface area contributed by atoms with Crippen LogP contribution in [0.5, 0.6) is 5.75 Å². The minimum Gasteiger partial charge on any atom is -0.494 e. The number of likely N-dealkylation sites (tertiary alicyclic amines) is 1. The average Bonchev–Trinajstić information content (AvgIpc) is 2.49. The van der Waals surface area contributed by atoms with E-state index in [0.717, 1.165) is 18.9 Å². The maximum Gasteiger partial charge on any atom is 0.119 e. The predicted molar refractivity (Wildman–Crippen MR) is 88.9 cm³/mol. The Hall–Kier alpha value is -1.06. The van der Waals surface area contributed by atoms with Crippen LogP contribution < -0.4 is 10.1 Å². The van der Waals surface area contributed by atoms with Crippen LogP contribution >= 0.6 is 0 Å². The molecule has 1 saturated heterocycles. The molecule has 3 heteroatoms. The van der Waals surface area contributed by atoms with Crippen molar-refractivity contribution in [2.75, 3.05) is 20.2 Å². The first-order valence-electron chi connectivity index (χ1n) is 8.31. The summed E-state index contributed by atoms with van der Waals surface area (Å²) in [6, 6.07) is 10.3. The van der Waals surface area contributed by atoms with Crippen molar-refractivity contribution in [2.24, 2.45) is 0 Å². The number of nitrogens with one attached hydrogen (secondary N) is 1. The van der Waals surface area contributed by atoms with Gasteiger partial charge in [0.1, 0.15) is 5.75 Å². The second-order valence-electron chi connectivity index (χ2n) is 6.17. The van der Waals surface area contributed by atoms with E-state index in [9.17, 15) is 0 Å². The van der Waals surface area contributed by atoms with Crippen molar-refractivity contribution in [3.8, 4) is 5.75 Å². The summed E-state index contributed by atoms with van der Waals surface area (Å²) in [5, 5.41) is 3.48. The van der Waals surface area contributed by atoms with E-state index in [-0.39, 0.29) is 0 Å². The van der Waals surface area contributed by atoms with Gasteiger partial charge in [0.2, 0.25) is 0 Å². The molecule has 1 aromatic carbocycles. The molecule has 3 atom stereocenters. The first-order chi connectivity index (χ1) is 10.2. The monoisotopic (exact) mass is 290 g/mol. The number of ether oxygens (including phenoxy) is 1. The number of hydrogen-bond donors (Lipinski definition) is 1. The number of hydrogen-bond acceptors (Lipinski definition) is 3. The molecule has 3 nitrogen and oxygen atoms in total. The van der Waals surface area contributed by atoms with Gasteiger partial charge in [-0.1, -0.05) is 18.6 Å². The predicted octanol–water partition coefficient (Wildman–Crippen LogP) is 3.61. The molecule has 0 bridgehead atoms. The molecule has 0 aromatic heterocycles. The standard InChI is InChI=1S/C18H30N2O/c1-5-21-17-11-9-16(10-12-17)18(19-4)13-20-14(2)7-6-8-15(20)3/h9-12,14-15,18-19H,5-8,13H2,1-4H3/t14-,15+,18?. The highest BCUT2D eigenvalue weighted by Gasteiger charge is 2.26. The number of nitrogens with zero attached hydrogens (tertiary/aromatic N) is 1. The molecule has 1 heterocycles. The van der Waals surface area contributed by atoms with Gasteiger partial charge in [0.25, 0.3) is 0 Å². The van der Waals surface area contributed by atoms with Crippen molar-refractivity contribution in [1.82, 2.24) is 10.2 Å². The molecule has 1 aliphatic heterocycles. The zero-order chi connectivity index (χ0) is 15.2. The molecule has 0 spiro atoms. The van der Waals surface area contributed by atoms with Crippen molar-refractivity contribution in [3.63, 3.8) is 0 Å². The average molecular weight is 290 g/mol. The molecular formula is C18H30N2O. The summed E-state index contributed by atoms with van der Waals surface area (Å²) in [4.78, 5) is 2.65. The normalized spacial score (nSPS) is 24.8. The summed E-state index contributed by atoms with van der Waals surface area (Å²) in [6.45, 7) is 8.54. The summed E-state index contributed by atoms with van der Waals surface area (Å²) in [5.41, 5.74) is 1.34. The van der Waals surface area contributed by atoms with E-state index in [1.54, 1.807) is 0 Å². The lowest BCUT2D eigenvalue weighted by Crippen LogP contribution is -2.47. The fourth-order valence-corrected chi connectivity index (χ4v) is 3.37. The van der Waals surface area contributed by atoms with E-state index in [4.69, 9.17) is 4.74 Å². The van der Waals surface area contributed by atoms with Crippen LogP contribution in [0.2, 0.25) is 0 Å². The van der Waals surface area contributed by atoms with Crippen molar-refractivity contribution >= 4 is 0 Å². The minimum absolute atomic E-state index is 0.378. The first kappa shape index (κ1) is 16.3. The zero-order valence-corrected chi connectivity index (χ0v) is 13.9. The van der Waals surface area contributed by atoms with E-state index >= 15 is 0 Å². The Bertz CT molecular complexity index is 408. The molecule has 1 N–H and O–H groups in total. The Morgan fingerprint density at radius 2 is 1.81 bits per heavy atom. The Morgan fingerprint density at radius 1 is 1.19 bits per heavy atom. The van der Waals surface area contributed by atoms with E-state index in [0.29, 0.717) is 18.1 Å². The molecule has 21 heavy (non-hydrogen) atoms. The summed E-state index contributed by atoms with van der Waals surface area (Å²) < 4.78 is 5.53. The molecule has 1 unspecified atom stereocenters. The third-order valence-corrected chi connectivity index (χ3v) is 4.71. The van der Waals surface area contributed by atoms with E-state index in [1.165, 1.54) is 24.8 Å². The van der Waals surface area contributed by atoms with Gasteiger partial charge in [-0.05, 0) is 58.4 Å². The number of benzene rings is 1. The second kappa shape index (κ2) is 7.81. The van der Waals surface area contributed by atoms with Gasteiger partial charge in [-0.15, -0.1) is 0 Å². The highest BCUT2D eigenvalue weighted by molar-refractivity contribution is 5.29. The minimum atomic E-state index is 0.378. The van der Waals surface area contributed by atoms with Crippen molar-refractivity contribution in [1.29, 1.82) is 0 Å². The van der Waals surface area contributed by atoms with Gasteiger partial charge in [-0.25, -0.2) is 0 Å². The van der Waals surface area contributed by atoms with Gasteiger partial charge in [-0.2, -0.15) is 0 Å². The van der Waals surface area contributed by atoms with Gasteiger partial charge >= 0.3 is 0 Å². The van der Waals surface area contributed by atoms with Crippen LogP contribution in [0.15, 0.2) is 24.3 Å². The molecule has 0 aliphatic carbocycles. The molecule has 0 saturated carbocycles. The third kappa shape index (κ3) is 4.21. The molecule has 1 fully saturated rings. The van der Waals surface area contributed by atoms with Crippen LogP contribution in [0, 0.1) is 0 Å². The highest BCUT2D eigenvalue weighted by Crippen LogP contribution is 2.26. The van der Waals surface area contributed by atoms with Crippen molar-refractivity contribution in [3.05, 3.63) is 29.8 Å². The lowest BCUT2D eigenvalue weighted by atomic mass is 9.95.